The molecule has 0 amide bonds. The molecule has 0 saturated heterocycles. The lowest BCUT2D eigenvalue weighted by Gasteiger charge is -2.23. The van der Waals surface area contributed by atoms with E-state index >= 15 is 0 Å². The van der Waals surface area contributed by atoms with E-state index in [0.717, 1.165) is 22.6 Å². The van der Waals surface area contributed by atoms with E-state index in [4.69, 9.17) is 10.5 Å². The SMILES string of the molecule is COc1cc(C)c(N)c(C(C)(C)C)c1. The molecule has 0 aliphatic carbocycles. The van der Waals surface area contributed by atoms with E-state index in [-0.39, 0.29) is 5.41 Å². The summed E-state index contributed by atoms with van der Waals surface area (Å²) >= 11 is 0. The number of methoxy groups -OCH3 is 1. The van der Waals surface area contributed by atoms with Gasteiger partial charge in [-0.3, -0.25) is 0 Å². The summed E-state index contributed by atoms with van der Waals surface area (Å²) in [5, 5.41) is 0. The largest absolute Gasteiger partial charge is 0.497 e. The predicted octanol–water partition coefficient (Wildman–Crippen LogP) is 2.88. The van der Waals surface area contributed by atoms with Crippen LogP contribution in [0, 0.1) is 6.92 Å². The summed E-state index contributed by atoms with van der Waals surface area (Å²) in [6.07, 6.45) is 0. The molecule has 0 saturated carbocycles. The van der Waals surface area contributed by atoms with E-state index in [9.17, 15) is 0 Å². The highest BCUT2D eigenvalue weighted by Crippen LogP contribution is 2.33. The standard InChI is InChI=1S/C12H19NO/c1-8-6-9(14-5)7-10(11(8)13)12(2,3)4/h6-7H,13H2,1-5H3. The highest BCUT2D eigenvalue weighted by molar-refractivity contribution is 5.59. The van der Waals surface area contributed by atoms with Crippen molar-refractivity contribution in [1.82, 2.24) is 0 Å². The van der Waals surface area contributed by atoms with Gasteiger partial charge in [-0.05, 0) is 35.6 Å². The molecule has 0 atom stereocenters. The predicted molar refractivity (Wildman–Crippen MR) is 60.8 cm³/mol. The Bertz CT molecular complexity index is 337. The highest BCUT2D eigenvalue weighted by Gasteiger charge is 2.18. The Labute approximate surface area is 86.1 Å². The summed E-state index contributed by atoms with van der Waals surface area (Å²) in [5.74, 6) is 0.877. The molecule has 78 valence electrons. The lowest BCUT2D eigenvalue weighted by atomic mass is 9.84. The Morgan fingerprint density at radius 2 is 1.79 bits per heavy atom. The third kappa shape index (κ3) is 2.00. The first-order valence-electron chi connectivity index (χ1n) is 4.81. The molecule has 14 heavy (non-hydrogen) atoms. The normalized spacial score (nSPS) is 11.5. The molecule has 2 heteroatoms. The Hall–Kier alpha value is -1.18. The van der Waals surface area contributed by atoms with Crippen molar-refractivity contribution < 1.29 is 4.74 Å². The minimum atomic E-state index is 0.0589. The lowest BCUT2D eigenvalue weighted by molar-refractivity contribution is 0.412. The maximum absolute atomic E-state index is 6.04. The number of hydrogen-bond acceptors (Lipinski definition) is 2. The van der Waals surface area contributed by atoms with Crippen LogP contribution in [0.4, 0.5) is 5.69 Å². The second kappa shape index (κ2) is 3.52. The van der Waals surface area contributed by atoms with E-state index < -0.39 is 0 Å². The summed E-state index contributed by atoms with van der Waals surface area (Å²) in [5.41, 5.74) is 9.19. The molecular weight excluding hydrogens is 174 g/mol. The summed E-state index contributed by atoms with van der Waals surface area (Å²) in [4.78, 5) is 0. The van der Waals surface area contributed by atoms with Gasteiger partial charge < -0.3 is 10.5 Å². The van der Waals surface area contributed by atoms with Gasteiger partial charge in [0.05, 0.1) is 7.11 Å². The number of nitrogen functional groups attached to an aromatic ring is 1. The van der Waals surface area contributed by atoms with Crippen molar-refractivity contribution in [3.8, 4) is 5.75 Å². The Kier molecular flexibility index (Phi) is 2.74. The summed E-state index contributed by atoms with van der Waals surface area (Å²) < 4.78 is 5.23. The summed E-state index contributed by atoms with van der Waals surface area (Å²) in [6.45, 7) is 8.46. The number of nitrogens with two attached hydrogens (primary N) is 1. The Morgan fingerprint density at radius 3 is 2.21 bits per heavy atom. The second-order valence-corrected chi connectivity index (χ2v) is 4.66. The molecule has 2 N–H and O–H groups in total. The van der Waals surface area contributed by atoms with Crippen LogP contribution in [0.2, 0.25) is 0 Å². The van der Waals surface area contributed by atoms with Gasteiger partial charge in [0.15, 0.2) is 0 Å². The molecule has 0 fully saturated rings. The number of benzene rings is 1. The molecule has 0 aliphatic heterocycles. The van der Waals surface area contributed by atoms with Crippen LogP contribution in [0.3, 0.4) is 0 Å². The molecule has 0 radical (unpaired) electrons. The van der Waals surface area contributed by atoms with Crippen LogP contribution in [0.5, 0.6) is 5.75 Å². The van der Waals surface area contributed by atoms with Crippen molar-refractivity contribution in [3.63, 3.8) is 0 Å². The molecule has 0 aromatic heterocycles. The topological polar surface area (TPSA) is 35.2 Å². The van der Waals surface area contributed by atoms with Gasteiger partial charge in [-0.2, -0.15) is 0 Å². The van der Waals surface area contributed by atoms with Gasteiger partial charge in [0.2, 0.25) is 0 Å². The van der Waals surface area contributed by atoms with Crippen LogP contribution >= 0.6 is 0 Å². The zero-order valence-electron chi connectivity index (χ0n) is 9.64. The van der Waals surface area contributed by atoms with Crippen molar-refractivity contribution in [3.05, 3.63) is 23.3 Å². The van der Waals surface area contributed by atoms with Crippen molar-refractivity contribution in [1.29, 1.82) is 0 Å². The summed E-state index contributed by atoms with van der Waals surface area (Å²) in [6, 6.07) is 3.98. The fourth-order valence-corrected chi connectivity index (χ4v) is 1.50. The first-order chi connectivity index (χ1) is 6.36. The molecule has 0 spiro atoms. The molecule has 0 heterocycles. The van der Waals surface area contributed by atoms with Crippen LogP contribution in [0.25, 0.3) is 0 Å². The van der Waals surface area contributed by atoms with Crippen LogP contribution < -0.4 is 10.5 Å². The average Bonchev–Trinajstić information content (AvgIpc) is 2.07. The maximum Gasteiger partial charge on any atom is 0.119 e. The molecule has 1 rings (SSSR count). The number of hydrogen-bond donors (Lipinski definition) is 1. The van der Waals surface area contributed by atoms with E-state index in [1.165, 1.54) is 0 Å². The van der Waals surface area contributed by atoms with Gasteiger partial charge in [0.25, 0.3) is 0 Å². The number of aryl methyl sites for hydroxylation is 1. The van der Waals surface area contributed by atoms with Gasteiger partial charge in [0, 0.05) is 5.69 Å². The van der Waals surface area contributed by atoms with Gasteiger partial charge >= 0.3 is 0 Å². The second-order valence-electron chi connectivity index (χ2n) is 4.66. The van der Waals surface area contributed by atoms with Gasteiger partial charge in [-0.25, -0.2) is 0 Å². The van der Waals surface area contributed by atoms with Crippen LogP contribution in [0.1, 0.15) is 31.9 Å². The third-order valence-electron chi connectivity index (χ3n) is 2.40. The number of anilines is 1. The van der Waals surface area contributed by atoms with Gasteiger partial charge in [-0.1, -0.05) is 20.8 Å². The minimum Gasteiger partial charge on any atom is -0.497 e. The lowest BCUT2D eigenvalue weighted by Crippen LogP contribution is -2.15. The first-order valence-corrected chi connectivity index (χ1v) is 4.81. The summed E-state index contributed by atoms with van der Waals surface area (Å²) in [7, 11) is 1.68. The zero-order valence-corrected chi connectivity index (χ0v) is 9.64. The molecule has 2 nitrogen and oxygen atoms in total. The first kappa shape index (κ1) is 10.9. The molecule has 1 aromatic carbocycles. The van der Waals surface area contributed by atoms with E-state index in [1.807, 2.05) is 19.1 Å². The molecule has 0 aliphatic rings. The Balaban J connectivity index is 3.35. The monoisotopic (exact) mass is 193 g/mol. The van der Waals surface area contributed by atoms with Gasteiger partial charge in [0.1, 0.15) is 5.75 Å². The van der Waals surface area contributed by atoms with E-state index in [2.05, 4.69) is 20.8 Å². The van der Waals surface area contributed by atoms with Crippen LogP contribution in [-0.4, -0.2) is 7.11 Å². The Morgan fingerprint density at radius 1 is 1.21 bits per heavy atom. The van der Waals surface area contributed by atoms with E-state index in [0.29, 0.717) is 0 Å². The number of rotatable bonds is 1. The van der Waals surface area contributed by atoms with Gasteiger partial charge in [-0.15, -0.1) is 0 Å². The fraction of sp³-hybridized carbons (Fsp3) is 0.500. The minimum absolute atomic E-state index is 0.0589. The average molecular weight is 193 g/mol. The highest BCUT2D eigenvalue weighted by atomic mass is 16.5. The smallest absolute Gasteiger partial charge is 0.119 e. The van der Waals surface area contributed by atoms with Crippen molar-refractivity contribution in [2.24, 2.45) is 0 Å². The zero-order chi connectivity index (χ0) is 10.9. The van der Waals surface area contributed by atoms with Crippen molar-refractivity contribution in [2.75, 3.05) is 12.8 Å². The molecule has 1 aromatic rings. The molecular formula is C12H19NO. The third-order valence-corrected chi connectivity index (χ3v) is 2.40. The maximum atomic E-state index is 6.04. The molecule has 0 unspecified atom stereocenters. The van der Waals surface area contributed by atoms with Crippen molar-refractivity contribution in [2.45, 2.75) is 33.1 Å². The van der Waals surface area contributed by atoms with Crippen LogP contribution in [-0.2, 0) is 5.41 Å². The van der Waals surface area contributed by atoms with E-state index in [1.54, 1.807) is 7.11 Å². The molecule has 0 bridgehead atoms. The van der Waals surface area contributed by atoms with Crippen LogP contribution in [0.15, 0.2) is 12.1 Å². The fourth-order valence-electron chi connectivity index (χ4n) is 1.50. The number of ether oxygens (including phenoxy) is 1. The van der Waals surface area contributed by atoms with Crippen molar-refractivity contribution >= 4 is 5.69 Å². The quantitative estimate of drug-likeness (QED) is 0.696.